The van der Waals surface area contributed by atoms with Crippen LogP contribution in [0, 0.1) is 0 Å². The number of aromatic carboxylic acids is 1. The van der Waals surface area contributed by atoms with E-state index >= 15 is 0 Å². The predicted molar refractivity (Wildman–Crippen MR) is 86.0 cm³/mol. The molecule has 0 fully saturated rings. The fourth-order valence-corrected chi connectivity index (χ4v) is 3.56. The van der Waals surface area contributed by atoms with Crippen molar-refractivity contribution >= 4 is 27.4 Å². The summed E-state index contributed by atoms with van der Waals surface area (Å²) in [4.78, 5) is 11.8. The van der Waals surface area contributed by atoms with Crippen LogP contribution in [0.4, 0.5) is 0 Å². The summed E-state index contributed by atoms with van der Waals surface area (Å²) in [6, 6.07) is 7.73. The molecule has 0 saturated heterocycles. The smallest absolute Gasteiger partial charge is 0.346 e. The highest BCUT2D eigenvalue weighted by molar-refractivity contribution is 7.21. The number of hydrogen-bond donors (Lipinski definition) is 3. The summed E-state index contributed by atoms with van der Waals surface area (Å²) in [5.41, 5.74) is 0.460. The molecule has 0 unspecified atom stereocenters. The Labute approximate surface area is 128 Å². The molecule has 0 bridgehead atoms. The molecule has 5 heteroatoms. The summed E-state index contributed by atoms with van der Waals surface area (Å²) < 4.78 is 0.981. The van der Waals surface area contributed by atoms with E-state index < -0.39 is 5.97 Å². The minimum atomic E-state index is -0.893. The van der Waals surface area contributed by atoms with Crippen molar-refractivity contribution in [2.24, 2.45) is 0 Å². The zero-order chi connectivity index (χ0) is 15.5. The Balaban J connectivity index is 2.37. The first-order valence-corrected chi connectivity index (χ1v) is 7.98. The zero-order valence-corrected chi connectivity index (χ0v) is 13.2. The Hall–Kier alpha value is -1.43. The SMILES string of the molecule is CCC(CC)(CO)NCc1c(C(=O)O)sc2ccccc12. The first-order chi connectivity index (χ1) is 10.1. The van der Waals surface area contributed by atoms with Gasteiger partial charge in [-0.1, -0.05) is 32.0 Å². The maximum atomic E-state index is 11.5. The summed E-state index contributed by atoms with van der Waals surface area (Å²) in [5.74, 6) is -0.893. The normalized spacial score (nSPS) is 12.0. The first-order valence-electron chi connectivity index (χ1n) is 7.16. The Morgan fingerprint density at radius 3 is 2.52 bits per heavy atom. The van der Waals surface area contributed by atoms with Crippen molar-refractivity contribution in [3.05, 3.63) is 34.7 Å². The molecule has 0 radical (unpaired) electrons. The van der Waals surface area contributed by atoms with Gasteiger partial charge < -0.3 is 15.5 Å². The number of benzene rings is 1. The molecule has 2 rings (SSSR count). The summed E-state index contributed by atoms with van der Waals surface area (Å²) in [5, 5.41) is 23.4. The van der Waals surface area contributed by atoms with Crippen LogP contribution in [0.15, 0.2) is 24.3 Å². The van der Waals surface area contributed by atoms with Crippen molar-refractivity contribution < 1.29 is 15.0 Å². The number of nitrogens with one attached hydrogen (secondary N) is 1. The molecule has 1 aromatic heterocycles. The third-order valence-electron chi connectivity index (χ3n) is 4.19. The topological polar surface area (TPSA) is 69.6 Å². The van der Waals surface area contributed by atoms with Gasteiger partial charge in [0.05, 0.1) is 6.61 Å². The van der Waals surface area contributed by atoms with Crippen LogP contribution in [0.3, 0.4) is 0 Å². The number of carbonyl (C=O) groups is 1. The maximum Gasteiger partial charge on any atom is 0.346 e. The maximum absolute atomic E-state index is 11.5. The molecule has 1 aromatic carbocycles. The van der Waals surface area contributed by atoms with Gasteiger partial charge in [0.1, 0.15) is 4.88 Å². The van der Waals surface area contributed by atoms with E-state index in [1.165, 1.54) is 11.3 Å². The lowest BCUT2D eigenvalue weighted by Crippen LogP contribution is -2.47. The molecule has 114 valence electrons. The Kier molecular flexibility index (Phi) is 4.98. The van der Waals surface area contributed by atoms with Crippen LogP contribution in [-0.4, -0.2) is 28.3 Å². The van der Waals surface area contributed by atoms with Crippen LogP contribution in [-0.2, 0) is 6.54 Å². The van der Waals surface area contributed by atoms with Gasteiger partial charge in [0.15, 0.2) is 0 Å². The molecule has 0 spiro atoms. The van der Waals surface area contributed by atoms with Crippen molar-refractivity contribution in [3.8, 4) is 0 Å². The van der Waals surface area contributed by atoms with Crippen LogP contribution in [0.25, 0.3) is 10.1 Å². The summed E-state index contributed by atoms with van der Waals surface area (Å²) in [6.45, 7) is 4.55. The highest BCUT2D eigenvalue weighted by Gasteiger charge is 2.26. The number of carboxylic acid groups (broad SMARTS) is 1. The van der Waals surface area contributed by atoms with E-state index in [-0.39, 0.29) is 12.1 Å². The van der Waals surface area contributed by atoms with Gasteiger partial charge in [-0.05, 0) is 29.9 Å². The van der Waals surface area contributed by atoms with E-state index in [1.54, 1.807) is 0 Å². The van der Waals surface area contributed by atoms with Gasteiger partial charge in [-0.2, -0.15) is 0 Å². The standard InChI is InChI=1S/C16H21NO3S/c1-3-16(4-2,10-18)17-9-12-11-7-5-6-8-13(11)21-14(12)15(19)20/h5-8,17-18H,3-4,9-10H2,1-2H3,(H,19,20). The van der Waals surface area contributed by atoms with Gasteiger partial charge in [-0.3, -0.25) is 0 Å². The average Bonchev–Trinajstić information content (AvgIpc) is 2.88. The molecule has 0 aliphatic heterocycles. The first kappa shape index (κ1) is 15.9. The van der Waals surface area contributed by atoms with Crippen LogP contribution in [0.2, 0.25) is 0 Å². The fraction of sp³-hybridized carbons (Fsp3) is 0.438. The predicted octanol–water partition coefficient (Wildman–Crippen LogP) is 3.24. The lowest BCUT2D eigenvalue weighted by molar-refractivity contribution is 0.0700. The van der Waals surface area contributed by atoms with E-state index in [0.29, 0.717) is 11.4 Å². The third-order valence-corrected chi connectivity index (χ3v) is 5.39. The number of hydrogen-bond acceptors (Lipinski definition) is 4. The molecule has 0 aliphatic rings. The van der Waals surface area contributed by atoms with Crippen LogP contribution >= 0.6 is 11.3 Å². The number of aliphatic hydroxyl groups excluding tert-OH is 1. The van der Waals surface area contributed by atoms with Crippen molar-refractivity contribution in [2.45, 2.75) is 38.8 Å². The molecule has 0 aliphatic carbocycles. The van der Waals surface area contributed by atoms with Crippen LogP contribution in [0.5, 0.6) is 0 Å². The quantitative estimate of drug-likeness (QED) is 0.734. The van der Waals surface area contributed by atoms with Crippen LogP contribution in [0.1, 0.15) is 41.9 Å². The van der Waals surface area contributed by atoms with Crippen LogP contribution < -0.4 is 5.32 Å². The fourth-order valence-electron chi connectivity index (χ4n) is 2.50. The lowest BCUT2D eigenvalue weighted by Gasteiger charge is -2.31. The number of aliphatic hydroxyl groups is 1. The molecular weight excluding hydrogens is 286 g/mol. The van der Waals surface area contributed by atoms with Gasteiger partial charge in [-0.25, -0.2) is 4.79 Å². The second kappa shape index (κ2) is 6.56. The van der Waals surface area contributed by atoms with Crippen molar-refractivity contribution in [3.63, 3.8) is 0 Å². The molecule has 4 nitrogen and oxygen atoms in total. The van der Waals surface area contributed by atoms with Crippen molar-refractivity contribution in [2.75, 3.05) is 6.61 Å². The van der Waals surface area contributed by atoms with E-state index in [9.17, 15) is 15.0 Å². The molecule has 0 atom stereocenters. The minimum absolute atomic E-state index is 0.0461. The Morgan fingerprint density at radius 1 is 1.29 bits per heavy atom. The number of rotatable bonds is 7. The second-order valence-electron chi connectivity index (χ2n) is 5.21. The van der Waals surface area contributed by atoms with Gasteiger partial charge in [0, 0.05) is 16.8 Å². The Morgan fingerprint density at radius 2 is 1.95 bits per heavy atom. The molecule has 1 heterocycles. The lowest BCUT2D eigenvalue weighted by atomic mass is 9.93. The summed E-state index contributed by atoms with van der Waals surface area (Å²) >= 11 is 1.30. The van der Waals surface area contributed by atoms with E-state index in [1.807, 2.05) is 38.1 Å². The Bertz CT molecular complexity index is 623. The highest BCUT2D eigenvalue weighted by atomic mass is 32.1. The number of fused-ring (bicyclic) bond motifs is 1. The van der Waals surface area contributed by atoms with Gasteiger partial charge >= 0.3 is 5.97 Å². The van der Waals surface area contributed by atoms with Gasteiger partial charge in [0.2, 0.25) is 0 Å². The highest BCUT2D eigenvalue weighted by Crippen LogP contribution is 2.32. The molecular formula is C16H21NO3S. The third kappa shape index (κ3) is 3.10. The molecule has 3 N–H and O–H groups in total. The van der Waals surface area contributed by atoms with E-state index in [0.717, 1.165) is 28.5 Å². The van der Waals surface area contributed by atoms with E-state index in [4.69, 9.17) is 0 Å². The van der Waals surface area contributed by atoms with Gasteiger partial charge in [-0.15, -0.1) is 11.3 Å². The molecule has 2 aromatic rings. The summed E-state index contributed by atoms with van der Waals surface area (Å²) in [6.07, 6.45) is 1.59. The second-order valence-corrected chi connectivity index (χ2v) is 6.26. The minimum Gasteiger partial charge on any atom is -0.477 e. The average molecular weight is 307 g/mol. The largest absolute Gasteiger partial charge is 0.477 e. The number of carboxylic acids is 1. The molecule has 0 amide bonds. The molecule has 0 saturated carbocycles. The van der Waals surface area contributed by atoms with E-state index in [2.05, 4.69) is 5.32 Å². The van der Waals surface area contributed by atoms with Gasteiger partial charge in [0.25, 0.3) is 0 Å². The monoisotopic (exact) mass is 307 g/mol. The van der Waals surface area contributed by atoms with Crippen molar-refractivity contribution in [1.82, 2.24) is 5.32 Å². The molecule has 21 heavy (non-hydrogen) atoms. The number of thiophene rings is 1. The van der Waals surface area contributed by atoms with Crippen molar-refractivity contribution in [1.29, 1.82) is 0 Å². The zero-order valence-electron chi connectivity index (χ0n) is 12.3. The summed E-state index contributed by atoms with van der Waals surface area (Å²) in [7, 11) is 0.